The van der Waals surface area contributed by atoms with Crippen LogP contribution in [0.3, 0.4) is 0 Å². The summed E-state index contributed by atoms with van der Waals surface area (Å²) in [7, 11) is 0. The van der Waals surface area contributed by atoms with Crippen LogP contribution in [0, 0.1) is 5.41 Å². The van der Waals surface area contributed by atoms with Gasteiger partial charge in [0, 0.05) is 25.3 Å². The Bertz CT molecular complexity index is 1110. The molecular formula is C30H47N5O8. The highest BCUT2D eigenvalue weighted by Crippen LogP contribution is 2.39. The van der Waals surface area contributed by atoms with E-state index in [4.69, 9.17) is 14.3 Å². The van der Waals surface area contributed by atoms with E-state index in [9.17, 15) is 24.0 Å². The fraction of sp³-hybridized carbons (Fsp3) is 0.800. The SMILES string of the molecule is CCCC1=NO[C@]2(C1)C[C@@H](C(=O)N[C@@H](CCC)C(=O)C(=O)NC1CC1)N(C(=O)[C@@H](NC(=O)OC1CCOC1)C(C)(C)C)C2. The van der Waals surface area contributed by atoms with Gasteiger partial charge in [0.1, 0.15) is 18.2 Å². The third kappa shape index (κ3) is 8.24. The molecule has 0 aromatic carbocycles. The van der Waals surface area contributed by atoms with Gasteiger partial charge in [-0.2, -0.15) is 0 Å². The minimum absolute atomic E-state index is 0.00350. The van der Waals surface area contributed by atoms with Gasteiger partial charge in [-0.3, -0.25) is 19.2 Å². The molecule has 240 valence electrons. The lowest BCUT2D eigenvalue weighted by molar-refractivity contribution is -0.144. The van der Waals surface area contributed by atoms with Crippen molar-refractivity contribution in [2.75, 3.05) is 19.8 Å². The first kappa shape index (κ1) is 32.7. The molecule has 4 amide bonds. The van der Waals surface area contributed by atoms with E-state index in [1.165, 1.54) is 4.90 Å². The Kier molecular flexibility index (Phi) is 10.3. The van der Waals surface area contributed by atoms with E-state index in [1.54, 1.807) is 0 Å². The van der Waals surface area contributed by atoms with Crippen molar-refractivity contribution in [2.24, 2.45) is 10.6 Å². The molecule has 1 saturated carbocycles. The Morgan fingerprint density at radius 3 is 2.44 bits per heavy atom. The molecule has 13 heteroatoms. The van der Waals surface area contributed by atoms with Crippen LogP contribution in [0.4, 0.5) is 4.79 Å². The number of alkyl carbamates (subject to hydrolysis) is 1. The Morgan fingerprint density at radius 1 is 1.09 bits per heavy atom. The van der Waals surface area contributed by atoms with Crippen molar-refractivity contribution in [2.45, 2.75) is 128 Å². The van der Waals surface area contributed by atoms with Crippen LogP contribution in [-0.2, 0) is 33.5 Å². The minimum Gasteiger partial charge on any atom is -0.444 e. The standard InChI is InChI=1S/C30H47N5O8/c1-6-8-19-14-30(43-34-19)15-22(25(37)32-21(9-7-2)23(36)26(38)31-18-10-11-18)35(17-30)27(39)24(29(3,4)5)33-28(40)42-20-12-13-41-16-20/h18,20-22,24H,6-17H2,1-5H3,(H,31,38)(H,32,37)(H,33,40)/t20?,21-,22-,24+,30+/m0/s1. The zero-order valence-corrected chi connectivity index (χ0v) is 26.0. The van der Waals surface area contributed by atoms with Gasteiger partial charge < -0.3 is 35.2 Å². The monoisotopic (exact) mass is 605 g/mol. The van der Waals surface area contributed by atoms with Crippen molar-refractivity contribution in [1.29, 1.82) is 0 Å². The first-order valence-electron chi connectivity index (χ1n) is 15.6. The van der Waals surface area contributed by atoms with Gasteiger partial charge in [-0.05, 0) is 31.1 Å². The summed E-state index contributed by atoms with van der Waals surface area (Å²) in [6.07, 6.45) is 4.18. The predicted molar refractivity (Wildman–Crippen MR) is 156 cm³/mol. The summed E-state index contributed by atoms with van der Waals surface area (Å²) in [6.45, 7) is 10.2. The number of carbonyl (C=O) groups is 5. The summed E-state index contributed by atoms with van der Waals surface area (Å²) in [5, 5.41) is 12.5. The van der Waals surface area contributed by atoms with Crippen molar-refractivity contribution in [3.63, 3.8) is 0 Å². The van der Waals surface area contributed by atoms with Crippen LogP contribution in [0.5, 0.6) is 0 Å². The quantitative estimate of drug-likeness (QED) is 0.284. The number of amides is 4. The van der Waals surface area contributed by atoms with Crippen LogP contribution < -0.4 is 16.0 Å². The molecule has 3 aliphatic heterocycles. The van der Waals surface area contributed by atoms with Gasteiger partial charge >= 0.3 is 6.09 Å². The van der Waals surface area contributed by atoms with Crippen molar-refractivity contribution in [3.05, 3.63) is 0 Å². The topological polar surface area (TPSA) is 165 Å². The van der Waals surface area contributed by atoms with Crippen LogP contribution >= 0.6 is 0 Å². The van der Waals surface area contributed by atoms with E-state index < -0.39 is 64.8 Å². The van der Waals surface area contributed by atoms with Gasteiger partial charge in [0.2, 0.25) is 17.6 Å². The molecule has 1 spiro atoms. The summed E-state index contributed by atoms with van der Waals surface area (Å²) in [5.74, 6) is -2.44. The average Bonchev–Trinajstić information content (AvgIpc) is 3.30. The molecule has 0 aromatic rings. The van der Waals surface area contributed by atoms with Crippen molar-refractivity contribution in [1.82, 2.24) is 20.9 Å². The third-order valence-corrected chi connectivity index (χ3v) is 8.30. The lowest BCUT2D eigenvalue weighted by Crippen LogP contribution is -2.59. The molecular weight excluding hydrogens is 558 g/mol. The predicted octanol–water partition coefficient (Wildman–Crippen LogP) is 1.96. The molecule has 0 aromatic heterocycles. The van der Waals surface area contributed by atoms with E-state index in [2.05, 4.69) is 21.1 Å². The van der Waals surface area contributed by atoms with Gasteiger partial charge in [-0.25, -0.2) is 4.79 Å². The molecule has 43 heavy (non-hydrogen) atoms. The lowest BCUT2D eigenvalue weighted by atomic mass is 9.85. The molecule has 3 N–H and O–H groups in total. The van der Waals surface area contributed by atoms with Gasteiger partial charge in [-0.15, -0.1) is 0 Å². The normalized spacial score (nSPS) is 26.3. The number of Topliss-reactive ketones (excluding diaryl/α,β-unsaturated/α-hetero) is 1. The number of likely N-dealkylation sites (tertiary alicyclic amines) is 1. The second kappa shape index (κ2) is 13.6. The van der Waals surface area contributed by atoms with Crippen LogP contribution in [0.25, 0.3) is 0 Å². The number of ketones is 1. The van der Waals surface area contributed by atoms with Crippen LogP contribution in [-0.4, -0.2) is 95.8 Å². The molecule has 3 heterocycles. The molecule has 1 unspecified atom stereocenters. The van der Waals surface area contributed by atoms with Gasteiger partial charge in [-0.1, -0.05) is 52.6 Å². The highest BCUT2D eigenvalue weighted by atomic mass is 16.7. The Labute approximate surface area is 253 Å². The number of carbonyl (C=O) groups excluding carboxylic acids is 5. The Hall–Kier alpha value is -3.22. The fourth-order valence-corrected chi connectivity index (χ4v) is 5.82. The molecule has 2 saturated heterocycles. The minimum atomic E-state index is -1.03. The van der Waals surface area contributed by atoms with Gasteiger partial charge in [0.25, 0.3) is 5.91 Å². The van der Waals surface area contributed by atoms with E-state index >= 15 is 0 Å². The van der Waals surface area contributed by atoms with Crippen molar-refractivity contribution >= 4 is 35.3 Å². The Balaban J connectivity index is 1.54. The molecule has 0 bridgehead atoms. The number of nitrogens with zero attached hydrogens (tertiary/aromatic N) is 2. The second-order valence-corrected chi connectivity index (χ2v) is 13.3. The smallest absolute Gasteiger partial charge is 0.408 e. The zero-order valence-electron chi connectivity index (χ0n) is 26.0. The van der Waals surface area contributed by atoms with E-state index in [0.717, 1.165) is 31.4 Å². The fourth-order valence-electron chi connectivity index (χ4n) is 5.82. The number of hydrogen-bond acceptors (Lipinski definition) is 9. The zero-order chi connectivity index (χ0) is 31.4. The van der Waals surface area contributed by atoms with Crippen LogP contribution in [0.15, 0.2) is 5.16 Å². The maximum Gasteiger partial charge on any atom is 0.408 e. The Morgan fingerprint density at radius 2 is 1.84 bits per heavy atom. The number of rotatable bonds is 12. The van der Waals surface area contributed by atoms with E-state index in [-0.39, 0.29) is 25.4 Å². The van der Waals surface area contributed by atoms with Crippen molar-refractivity contribution in [3.8, 4) is 0 Å². The van der Waals surface area contributed by atoms with Gasteiger partial charge in [0.15, 0.2) is 5.60 Å². The van der Waals surface area contributed by atoms with E-state index in [1.807, 2.05) is 34.6 Å². The molecule has 4 rings (SSSR count). The molecule has 4 aliphatic rings. The number of hydrogen-bond donors (Lipinski definition) is 3. The first-order valence-corrected chi connectivity index (χ1v) is 15.6. The molecule has 1 aliphatic carbocycles. The van der Waals surface area contributed by atoms with Crippen LogP contribution in [0.2, 0.25) is 0 Å². The summed E-state index contributed by atoms with van der Waals surface area (Å²) < 4.78 is 10.8. The summed E-state index contributed by atoms with van der Waals surface area (Å²) in [6, 6.07) is -3.05. The summed E-state index contributed by atoms with van der Waals surface area (Å²) >= 11 is 0. The van der Waals surface area contributed by atoms with Crippen LogP contribution in [0.1, 0.15) is 92.4 Å². The molecule has 3 fully saturated rings. The molecule has 5 atom stereocenters. The second-order valence-electron chi connectivity index (χ2n) is 13.3. The van der Waals surface area contributed by atoms with Crippen molar-refractivity contribution < 1.29 is 38.3 Å². The number of oxime groups is 1. The van der Waals surface area contributed by atoms with Gasteiger partial charge in [0.05, 0.1) is 31.5 Å². The molecule has 13 nitrogen and oxygen atoms in total. The maximum absolute atomic E-state index is 14.2. The lowest BCUT2D eigenvalue weighted by Gasteiger charge is -2.35. The first-order chi connectivity index (χ1) is 20.4. The largest absolute Gasteiger partial charge is 0.444 e. The number of ether oxygens (including phenoxy) is 2. The van der Waals surface area contributed by atoms with E-state index in [0.29, 0.717) is 32.5 Å². The maximum atomic E-state index is 14.2. The summed E-state index contributed by atoms with van der Waals surface area (Å²) in [4.78, 5) is 73.8. The highest BCUT2D eigenvalue weighted by Gasteiger charge is 2.55. The highest BCUT2D eigenvalue weighted by molar-refractivity contribution is 6.38. The summed E-state index contributed by atoms with van der Waals surface area (Å²) in [5.41, 5.74) is -0.777. The third-order valence-electron chi connectivity index (χ3n) is 8.30. The number of nitrogens with one attached hydrogen (secondary N) is 3. The average molecular weight is 606 g/mol. The molecule has 0 radical (unpaired) electrons.